The number of nitrogens with zero attached hydrogens (tertiary/aromatic N) is 6. The summed E-state index contributed by atoms with van der Waals surface area (Å²) in [6.07, 6.45) is 7.53. The molecule has 0 saturated carbocycles. The van der Waals surface area contributed by atoms with Gasteiger partial charge in [0.25, 0.3) is 0 Å². The largest absolute Gasteiger partial charge is 0.507 e. The Morgan fingerprint density at radius 1 is 1.21 bits per heavy atom. The number of anilines is 1. The third kappa shape index (κ3) is 4.16. The van der Waals surface area contributed by atoms with Crippen molar-refractivity contribution in [2.75, 3.05) is 11.9 Å². The first kappa shape index (κ1) is 21.7. The van der Waals surface area contributed by atoms with Crippen LogP contribution < -0.4 is 10.2 Å². The van der Waals surface area contributed by atoms with Gasteiger partial charge in [-0.05, 0) is 58.1 Å². The average molecular weight is 462 g/mol. The minimum absolute atomic E-state index is 0.0520. The molecule has 33 heavy (non-hydrogen) atoms. The van der Waals surface area contributed by atoms with Crippen molar-refractivity contribution in [3.63, 3.8) is 0 Å². The van der Waals surface area contributed by atoms with Crippen LogP contribution in [0.15, 0.2) is 29.8 Å². The topological polar surface area (TPSA) is 111 Å². The zero-order valence-electron chi connectivity index (χ0n) is 19.0. The molecule has 2 aliphatic heterocycles. The maximum atomic E-state index is 10.6. The maximum absolute atomic E-state index is 10.6. The molecule has 0 aliphatic carbocycles. The van der Waals surface area contributed by atoms with Crippen LogP contribution in [-0.2, 0) is 0 Å². The predicted octanol–water partition coefficient (Wildman–Crippen LogP) is 4.13. The molecule has 0 amide bonds. The third-order valence-electron chi connectivity index (χ3n) is 7.00. The smallest absolute Gasteiger partial charge is 0.185 e. The molecule has 9 heteroatoms. The number of hydrogen-bond acceptors (Lipinski definition) is 9. The Balaban J connectivity index is 1.35. The van der Waals surface area contributed by atoms with Crippen LogP contribution in [0.4, 0.5) is 5.82 Å². The van der Waals surface area contributed by atoms with Crippen molar-refractivity contribution in [3.05, 3.63) is 35.5 Å². The summed E-state index contributed by atoms with van der Waals surface area (Å²) in [5.41, 5.74) is 1.93. The van der Waals surface area contributed by atoms with Crippen LogP contribution in [0.2, 0.25) is 0 Å². The number of fused-ring (bicyclic) bond motifs is 2. The highest BCUT2D eigenvalue weighted by Gasteiger charge is 2.46. The number of benzene rings is 1. The second-order valence-corrected chi connectivity index (χ2v) is 10.7. The van der Waals surface area contributed by atoms with Crippen LogP contribution in [0.1, 0.15) is 51.6 Å². The molecule has 2 N–H and O–H groups in total. The SMILES string of the molecule is CN(c1cnc(-c2ccc(-c3nc(C#N)cs3)cc2O)nn1)C1C[C@]2(C)CCC[C@](C)(C1)N2. The number of thiazole rings is 1. The van der Waals surface area contributed by atoms with E-state index in [9.17, 15) is 5.11 Å². The van der Waals surface area contributed by atoms with E-state index >= 15 is 0 Å². The van der Waals surface area contributed by atoms with Crippen molar-refractivity contribution in [2.24, 2.45) is 0 Å². The average Bonchev–Trinajstić information content (AvgIpc) is 3.27. The van der Waals surface area contributed by atoms with Crippen molar-refractivity contribution in [1.29, 1.82) is 5.26 Å². The van der Waals surface area contributed by atoms with Gasteiger partial charge in [0.2, 0.25) is 0 Å². The van der Waals surface area contributed by atoms with Gasteiger partial charge in [-0.3, -0.25) is 0 Å². The molecule has 3 atom stereocenters. The number of nitrogens with one attached hydrogen (secondary N) is 1. The first-order valence-corrected chi connectivity index (χ1v) is 12.1. The summed E-state index contributed by atoms with van der Waals surface area (Å²) in [5.74, 6) is 1.16. The minimum Gasteiger partial charge on any atom is -0.507 e. The molecular weight excluding hydrogens is 434 g/mol. The summed E-state index contributed by atoms with van der Waals surface area (Å²) in [6.45, 7) is 4.66. The molecule has 2 aromatic heterocycles. The van der Waals surface area contributed by atoms with E-state index in [4.69, 9.17) is 5.26 Å². The highest BCUT2D eigenvalue weighted by Crippen LogP contribution is 2.42. The van der Waals surface area contributed by atoms with Gasteiger partial charge in [-0.25, -0.2) is 9.97 Å². The highest BCUT2D eigenvalue weighted by molar-refractivity contribution is 7.13. The van der Waals surface area contributed by atoms with Crippen LogP contribution in [0.25, 0.3) is 22.0 Å². The summed E-state index contributed by atoms with van der Waals surface area (Å²) < 4.78 is 0. The summed E-state index contributed by atoms with van der Waals surface area (Å²) in [5, 5.41) is 34.6. The molecule has 1 unspecified atom stereocenters. The molecule has 8 nitrogen and oxygen atoms in total. The number of phenols is 1. The van der Waals surface area contributed by atoms with Crippen molar-refractivity contribution in [1.82, 2.24) is 25.5 Å². The molecule has 2 bridgehead atoms. The molecule has 4 heterocycles. The Bertz CT molecular complexity index is 1200. The molecule has 2 saturated heterocycles. The van der Waals surface area contributed by atoms with Crippen LogP contribution in [0.3, 0.4) is 0 Å². The van der Waals surface area contributed by atoms with E-state index in [-0.39, 0.29) is 16.8 Å². The Kier molecular flexibility index (Phi) is 5.30. The van der Waals surface area contributed by atoms with Crippen LogP contribution in [0.5, 0.6) is 5.75 Å². The summed E-state index contributed by atoms with van der Waals surface area (Å²) in [6, 6.07) is 7.61. The van der Waals surface area contributed by atoms with Crippen molar-refractivity contribution in [3.8, 4) is 33.8 Å². The van der Waals surface area contributed by atoms with E-state index in [0.717, 1.165) is 24.2 Å². The van der Waals surface area contributed by atoms with E-state index in [2.05, 4.69) is 51.3 Å². The Morgan fingerprint density at radius 3 is 2.58 bits per heavy atom. The van der Waals surface area contributed by atoms with Gasteiger partial charge < -0.3 is 15.3 Å². The van der Waals surface area contributed by atoms with E-state index in [1.807, 2.05) is 12.1 Å². The van der Waals surface area contributed by atoms with Crippen molar-refractivity contribution in [2.45, 2.75) is 63.1 Å². The van der Waals surface area contributed by atoms with Crippen molar-refractivity contribution >= 4 is 17.2 Å². The van der Waals surface area contributed by atoms with Crippen molar-refractivity contribution < 1.29 is 5.11 Å². The summed E-state index contributed by atoms with van der Waals surface area (Å²) >= 11 is 1.36. The fraction of sp³-hybridized carbons (Fsp3) is 0.458. The quantitative estimate of drug-likeness (QED) is 0.597. The number of phenolic OH excluding ortho intramolecular Hbond substituents is 1. The van der Waals surface area contributed by atoms with Gasteiger partial charge in [-0.15, -0.1) is 21.5 Å². The first-order chi connectivity index (χ1) is 15.8. The molecule has 2 fully saturated rings. The number of hydrogen-bond donors (Lipinski definition) is 2. The van der Waals surface area contributed by atoms with Gasteiger partial charge >= 0.3 is 0 Å². The van der Waals surface area contributed by atoms with Gasteiger partial charge in [0.15, 0.2) is 17.3 Å². The van der Waals surface area contributed by atoms with E-state index < -0.39 is 0 Å². The lowest BCUT2D eigenvalue weighted by Gasteiger charge is -2.55. The Hall–Kier alpha value is -3.09. The number of aromatic nitrogens is 4. The molecular formula is C24H27N7OS. The normalized spacial score (nSPS) is 26.5. The van der Waals surface area contributed by atoms with E-state index in [0.29, 0.717) is 28.1 Å². The van der Waals surface area contributed by atoms with Gasteiger partial charge in [0.05, 0.1) is 11.8 Å². The lowest BCUT2D eigenvalue weighted by molar-refractivity contribution is 0.0784. The maximum Gasteiger partial charge on any atom is 0.185 e. The Labute approximate surface area is 197 Å². The second-order valence-electron chi connectivity index (χ2n) is 9.79. The first-order valence-electron chi connectivity index (χ1n) is 11.2. The molecule has 0 radical (unpaired) electrons. The minimum atomic E-state index is 0.0520. The number of piperidine rings is 2. The number of nitriles is 1. The predicted molar refractivity (Wildman–Crippen MR) is 128 cm³/mol. The number of rotatable bonds is 4. The fourth-order valence-electron chi connectivity index (χ4n) is 5.47. The molecule has 170 valence electrons. The third-order valence-corrected chi connectivity index (χ3v) is 7.89. The van der Waals surface area contributed by atoms with Crippen LogP contribution >= 0.6 is 11.3 Å². The monoisotopic (exact) mass is 461 g/mol. The van der Waals surface area contributed by atoms with Crippen LogP contribution in [0, 0.1) is 11.3 Å². The molecule has 2 aliphatic rings. The lowest BCUT2D eigenvalue weighted by Crippen LogP contribution is -2.66. The molecule has 3 aromatic rings. The zero-order chi connectivity index (χ0) is 23.2. The van der Waals surface area contributed by atoms with Gasteiger partial charge in [0, 0.05) is 35.1 Å². The second kappa shape index (κ2) is 8.04. The standard InChI is InChI=1S/C24H27N7OS/c1-23-7-4-8-24(2,30-23)11-17(10-23)31(3)20-13-26-21(29-28-20)18-6-5-15(9-19(18)32)22-27-16(12-25)14-33-22/h5-6,9,13-14,17,30,32H,4,7-8,10-11H2,1-3H3/t17?,23-,24+. The summed E-state index contributed by atoms with van der Waals surface area (Å²) in [4.78, 5) is 10.9. The summed E-state index contributed by atoms with van der Waals surface area (Å²) in [7, 11) is 2.07. The molecule has 1 aromatic carbocycles. The Morgan fingerprint density at radius 2 is 1.97 bits per heavy atom. The highest BCUT2D eigenvalue weighted by atomic mass is 32.1. The van der Waals surface area contributed by atoms with Gasteiger partial charge in [-0.1, -0.05) is 6.07 Å². The van der Waals surface area contributed by atoms with E-state index in [1.165, 1.54) is 30.6 Å². The fourth-order valence-corrected chi connectivity index (χ4v) is 6.21. The van der Waals surface area contributed by atoms with Gasteiger partial charge in [-0.2, -0.15) is 5.26 Å². The lowest BCUT2D eigenvalue weighted by atomic mass is 9.69. The van der Waals surface area contributed by atoms with Crippen LogP contribution in [-0.4, -0.2) is 49.4 Å². The number of aromatic hydroxyl groups is 1. The zero-order valence-corrected chi connectivity index (χ0v) is 19.9. The molecule has 5 rings (SSSR count). The van der Waals surface area contributed by atoms with E-state index in [1.54, 1.807) is 23.7 Å². The molecule has 0 spiro atoms. The van der Waals surface area contributed by atoms with Gasteiger partial charge in [0.1, 0.15) is 16.8 Å².